The Morgan fingerprint density at radius 3 is 2.43 bits per heavy atom. The van der Waals surface area contributed by atoms with E-state index in [2.05, 4.69) is 10.7 Å². The highest BCUT2D eigenvalue weighted by molar-refractivity contribution is 5.94. The van der Waals surface area contributed by atoms with Crippen LogP contribution in [0.4, 0.5) is 0 Å². The molecule has 1 aliphatic rings. The SMILES string of the molecule is CC(=O)Oc1ccc(C(=O)NN(C=O)CCC(=O)N2CCCC(C(=O)NC(C=O)CC(=O)O)N2C)cc1. The van der Waals surface area contributed by atoms with Crippen LogP contribution in [-0.4, -0.2) is 94.7 Å². The number of nitrogens with zero attached hydrogens (tertiary/aromatic N) is 3. The highest BCUT2D eigenvalue weighted by atomic mass is 16.5. The molecule has 1 aromatic rings. The van der Waals surface area contributed by atoms with Gasteiger partial charge in [0.15, 0.2) is 0 Å². The maximum Gasteiger partial charge on any atom is 0.308 e. The van der Waals surface area contributed by atoms with Crippen molar-refractivity contribution in [2.75, 3.05) is 20.1 Å². The van der Waals surface area contributed by atoms with Gasteiger partial charge >= 0.3 is 11.9 Å². The van der Waals surface area contributed by atoms with Crippen LogP contribution in [0.15, 0.2) is 24.3 Å². The minimum absolute atomic E-state index is 0.146. The van der Waals surface area contributed by atoms with Gasteiger partial charge in [-0.2, -0.15) is 0 Å². The van der Waals surface area contributed by atoms with Gasteiger partial charge in [-0.25, -0.2) is 5.01 Å². The summed E-state index contributed by atoms with van der Waals surface area (Å²) < 4.78 is 4.90. The largest absolute Gasteiger partial charge is 0.481 e. The van der Waals surface area contributed by atoms with E-state index >= 15 is 0 Å². The fourth-order valence-corrected chi connectivity index (χ4v) is 3.66. The fraction of sp³-hybridized carbons (Fsp3) is 0.435. The number of amides is 4. The molecule has 4 amide bonds. The molecule has 0 bridgehead atoms. The summed E-state index contributed by atoms with van der Waals surface area (Å²) in [6, 6.07) is 3.66. The zero-order valence-corrected chi connectivity index (χ0v) is 20.4. The van der Waals surface area contributed by atoms with E-state index in [1.165, 1.54) is 48.3 Å². The third-order valence-electron chi connectivity index (χ3n) is 5.47. The second-order valence-electron chi connectivity index (χ2n) is 8.21. The summed E-state index contributed by atoms with van der Waals surface area (Å²) in [6.45, 7) is 1.41. The van der Waals surface area contributed by atoms with Gasteiger partial charge in [0.2, 0.25) is 18.2 Å². The molecule has 37 heavy (non-hydrogen) atoms. The Balaban J connectivity index is 1.92. The molecule has 0 aromatic heterocycles. The fourth-order valence-electron chi connectivity index (χ4n) is 3.66. The lowest BCUT2D eigenvalue weighted by molar-refractivity contribution is -0.161. The van der Waals surface area contributed by atoms with Crippen molar-refractivity contribution >= 4 is 42.4 Å². The molecule has 1 saturated heterocycles. The van der Waals surface area contributed by atoms with Crippen LogP contribution in [0.25, 0.3) is 0 Å². The highest BCUT2D eigenvalue weighted by Gasteiger charge is 2.34. The van der Waals surface area contributed by atoms with Crippen LogP contribution < -0.4 is 15.5 Å². The third kappa shape index (κ3) is 8.68. The molecule has 2 atom stereocenters. The van der Waals surface area contributed by atoms with Crippen molar-refractivity contribution in [2.24, 2.45) is 0 Å². The van der Waals surface area contributed by atoms with E-state index in [4.69, 9.17) is 9.84 Å². The quantitative estimate of drug-likeness (QED) is 0.135. The normalized spacial score (nSPS) is 16.2. The number of benzene rings is 1. The van der Waals surface area contributed by atoms with E-state index in [-0.39, 0.29) is 24.3 Å². The minimum Gasteiger partial charge on any atom is -0.481 e. The molecule has 1 fully saturated rings. The number of hydrogen-bond donors (Lipinski definition) is 3. The lowest BCUT2D eigenvalue weighted by atomic mass is 10.1. The molecule has 0 spiro atoms. The van der Waals surface area contributed by atoms with Crippen molar-refractivity contribution in [2.45, 2.75) is 44.7 Å². The van der Waals surface area contributed by atoms with Crippen molar-refractivity contribution < 1.29 is 43.4 Å². The first-order chi connectivity index (χ1) is 17.5. The van der Waals surface area contributed by atoms with Gasteiger partial charge < -0.3 is 20.0 Å². The maximum absolute atomic E-state index is 12.8. The van der Waals surface area contributed by atoms with Gasteiger partial charge in [0, 0.05) is 32.5 Å². The number of carboxylic acid groups (broad SMARTS) is 1. The first-order valence-corrected chi connectivity index (χ1v) is 11.4. The zero-order valence-electron chi connectivity index (χ0n) is 20.4. The number of aldehydes is 1. The van der Waals surface area contributed by atoms with Crippen LogP contribution in [0, 0.1) is 0 Å². The van der Waals surface area contributed by atoms with Crippen molar-refractivity contribution in [3.8, 4) is 5.75 Å². The van der Waals surface area contributed by atoms with E-state index in [0.29, 0.717) is 32.1 Å². The number of carbonyl (C=O) groups excluding carboxylic acids is 6. The van der Waals surface area contributed by atoms with Crippen LogP contribution in [0.1, 0.15) is 43.0 Å². The van der Waals surface area contributed by atoms with Crippen LogP contribution in [0.2, 0.25) is 0 Å². The summed E-state index contributed by atoms with van der Waals surface area (Å²) in [5.41, 5.74) is 2.56. The van der Waals surface area contributed by atoms with E-state index in [9.17, 15) is 33.6 Å². The van der Waals surface area contributed by atoms with E-state index in [1.54, 1.807) is 0 Å². The monoisotopic (exact) mass is 519 g/mol. The van der Waals surface area contributed by atoms with Crippen molar-refractivity contribution in [3.05, 3.63) is 29.8 Å². The molecule has 0 aliphatic carbocycles. The van der Waals surface area contributed by atoms with Crippen LogP contribution >= 0.6 is 0 Å². The molecule has 0 radical (unpaired) electrons. The average molecular weight is 520 g/mol. The van der Waals surface area contributed by atoms with Crippen LogP contribution in [0.5, 0.6) is 5.75 Å². The van der Waals surface area contributed by atoms with Gasteiger partial charge in [0.25, 0.3) is 5.91 Å². The molecule has 14 nitrogen and oxygen atoms in total. The Labute approximate surface area is 212 Å². The number of hydrazine groups is 2. The molecule has 1 aliphatic heterocycles. The Hall–Kier alpha value is -4.33. The number of carbonyl (C=O) groups is 7. The first kappa shape index (κ1) is 28.9. The first-order valence-electron chi connectivity index (χ1n) is 11.4. The van der Waals surface area contributed by atoms with Gasteiger partial charge in [0.1, 0.15) is 18.1 Å². The minimum atomic E-state index is -1.24. The molecular weight excluding hydrogens is 490 g/mol. The number of aliphatic carboxylic acids is 1. The van der Waals surface area contributed by atoms with E-state index in [1.807, 2.05) is 0 Å². The molecule has 3 N–H and O–H groups in total. The van der Waals surface area contributed by atoms with Gasteiger partial charge in [-0.15, -0.1) is 0 Å². The smallest absolute Gasteiger partial charge is 0.308 e. The Morgan fingerprint density at radius 1 is 1.19 bits per heavy atom. The second kappa shape index (κ2) is 13.7. The predicted octanol–water partition coefficient (Wildman–Crippen LogP) is -0.899. The summed E-state index contributed by atoms with van der Waals surface area (Å²) in [6.07, 6.45) is 0.843. The summed E-state index contributed by atoms with van der Waals surface area (Å²) in [5, 5.41) is 14.9. The molecule has 2 rings (SSSR count). The van der Waals surface area contributed by atoms with E-state index < -0.39 is 48.2 Å². The lowest BCUT2D eigenvalue weighted by Crippen LogP contribution is -2.59. The van der Waals surface area contributed by atoms with Gasteiger partial charge in [-0.05, 0) is 37.1 Å². The number of nitrogens with one attached hydrogen (secondary N) is 2. The molecular formula is C23H29N5O9. The summed E-state index contributed by atoms with van der Waals surface area (Å²) in [5.74, 6) is -3.11. The molecule has 1 heterocycles. The number of esters is 1. The number of hydrogen-bond acceptors (Lipinski definition) is 9. The molecule has 0 saturated carbocycles. The Morgan fingerprint density at radius 2 is 1.86 bits per heavy atom. The summed E-state index contributed by atoms with van der Waals surface area (Å²) in [4.78, 5) is 82.2. The topological polar surface area (TPSA) is 183 Å². The lowest BCUT2D eigenvalue weighted by Gasteiger charge is -2.41. The average Bonchev–Trinajstić information content (AvgIpc) is 2.85. The predicted molar refractivity (Wildman–Crippen MR) is 125 cm³/mol. The van der Waals surface area contributed by atoms with Crippen molar-refractivity contribution in [1.29, 1.82) is 0 Å². The number of ether oxygens (including phenoxy) is 1. The van der Waals surface area contributed by atoms with Crippen molar-refractivity contribution in [1.82, 2.24) is 25.8 Å². The summed E-state index contributed by atoms with van der Waals surface area (Å²) >= 11 is 0. The van der Waals surface area contributed by atoms with E-state index in [0.717, 1.165) is 5.01 Å². The Bertz CT molecular complexity index is 1030. The van der Waals surface area contributed by atoms with Crippen LogP contribution in [0.3, 0.4) is 0 Å². The zero-order chi connectivity index (χ0) is 27.5. The molecule has 14 heteroatoms. The number of likely N-dealkylation sites (N-methyl/N-ethyl adjacent to an activating group) is 1. The molecule has 2 unspecified atom stereocenters. The van der Waals surface area contributed by atoms with Crippen molar-refractivity contribution in [3.63, 3.8) is 0 Å². The third-order valence-corrected chi connectivity index (χ3v) is 5.47. The summed E-state index contributed by atoms with van der Waals surface area (Å²) in [7, 11) is 1.52. The van der Waals surface area contributed by atoms with Gasteiger partial charge in [0.05, 0.1) is 19.0 Å². The maximum atomic E-state index is 12.8. The van der Waals surface area contributed by atoms with Gasteiger partial charge in [-0.1, -0.05) is 0 Å². The van der Waals surface area contributed by atoms with Crippen LogP contribution in [-0.2, 0) is 28.8 Å². The standard InChI is InChI=1S/C23H29N5O9/c1-15(31)37-18-7-5-16(6-8-18)22(35)25-27(14-30)11-9-20(32)28-10-3-4-19(26(28)2)23(36)24-17(13-29)12-21(33)34/h5-8,13-14,17,19H,3-4,9-12H2,1-2H3,(H,24,36)(H,25,35)(H,33,34). The highest BCUT2D eigenvalue weighted by Crippen LogP contribution is 2.18. The van der Waals surface area contributed by atoms with Gasteiger partial charge in [-0.3, -0.25) is 44.2 Å². The molecule has 200 valence electrons. The molecule has 1 aromatic carbocycles. The Kier molecular flexibility index (Phi) is 10.7. The second-order valence-corrected chi connectivity index (χ2v) is 8.21. The number of carboxylic acids is 1. The number of rotatable bonds is 12.